The lowest BCUT2D eigenvalue weighted by molar-refractivity contribution is -0.116. The van der Waals surface area contributed by atoms with Crippen molar-refractivity contribution in [1.82, 2.24) is 0 Å². The van der Waals surface area contributed by atoms with Crippen LogP contribution >= 0.6 is 11.8 Å². The van der Waals surface area contributed by atoms with Crippen molar-refractivity contribution in [2.24, 2.45) is 5.92 Å². The fourth-order valence-electron chi connectivity index (χ4n) is 2.11. The van der Waals surface area contributed by atoms with Gasteiger partial charge >= 0.3 is 0 Å². The summed E-state index contributed by atoms with van der Waals surface area (Å²) in [5, 5.41) is 17.8. The lowest BCUT2D eigenvalue weighted by Crippen LogP contribution is -2.28. The molecule has 20 heavy (non-hydrogen) atoms. The Balaban J connectivity index is 1.98. The maximum Gasteiger partial charge on any atom is 0.240 e. The van der Waals surface area contributed by atoms with E-state index in [-0.39, 0.29) is 23.7 Å². The molecule has 1 N–H and O–H groups in total. The molecule has 5 heteroatoms. The fourth-order valence-corrected chi connectivity index (χ4v) is 3.32. The van der Waals surface area contributed by atoms with Gasteiger partial charge in [-0.3, -0.25) is 4.79 Å². The van der Waals surface area contributed by atoms with E-state index >= 15 is 0 Å². The normalized spacial score (nSPS) is 19.9. The number of benzene rings is 1. The fraction of sp³-hybridized carbons (Fsp3) is 0.467. The third-order valence-electron chi connectivity index (χ3n) is 3.36. The number of carbonyl (C=O) groups excluding carboxylic acids is 1. The molecule has 1 aliphatic rings. The molecule has 0 saturated carbocycles. The summed E-state index contributed by atoms with van der Waals surface area (Å²) in [6.45, 7) is 2.86. The number of thioether (sulfide) groups is 1. The van der Waals surface area contributed by atoms with Gasteiger partial charge in [0.1, 0.15) is 0 Å². The second kappa shape index (κ2) is 6.78. The van der Waals surface area contributed by atoms with Crippen LogP contribution in [-0.4, -0.2) is 35.2 Å². The summed E-state index contributed by atoms with van der Waals surface area (Å²) in [5.74, 6) is 1.15. The lowest BCUT2D eigenvalue weighted by atomic mass is 10.2. The molecule has 1 aromatic carbocycles. The highest BCUT2D eigenvalue weighted by Gasteiger charge is 2.32. The number of nitrogens with zero attached hydrogens (tertiary/aromatic N) is 2. The summed E-state index contributed by atoms with van der Waals surface area (Å²) in [5.41, 5.74) is 1.45. The third-order valence-corrected chi connectivity index (χ3v) is 4.96. The zero-order chi connectivity index (χ0) is 14.5. The Morgan fingerprint density at radius 2 is 2.20 bits per heavy atom. The van der Waals surface area contributed by atoms with Gasteiger partial charge in [0.25, 0.3) is 0 Å². The first-order chi connectivity index (χ1) is 9.65. The van der Waals surface area contributed by atoms with E-state index < -0.39 is 0 Å². The topological polar surface area (TPSA) is 64.3 Å². The Kier molecular flexibility index (Phi) is 5.05. The van der Waals surface area contributed by atoms with Crippen molar-refractivity contribution in [3.8, 4) is 6.07 Å². The van der Waals surface area contributed by atoms with Crippen LogP contribution in [0.3, 0.4) is 0 Å². The van der Waals surface area contributed by atoms with Gasteiger partial charge in [-0.05, 0) is 42.4 Å². The van der Waals surface area contributed by atoms with Gasteiger partial charge in [0, 0.05) is 18.8 Å². The molecule has 0 spiro atoms. The number of aliphatic hydroxyl groups is 1. The number of nitriles is 1. The van der Waals surface area contributed by atoms with Crippen LogP contribution in [0.1, 0.15) is 18.9 Å². The average Bonchev–Trinajstić information content (AvgIpc) is 2.86. The highest BCUT2D eigenvalue weighted by molar-refractivity contribution is 8.00. The van der Waals surface area contributed by atoms with Crippen LogP contribution in [0.4, 0.5) is 5.69 Å². The number of amides is 1. The van der Waals surface area contributed by atoms with Crippen molar-refractivity contribution in [1.29, 1.82) is 5.26 Å². The molecular weight excluding hydrogens is 272 g/mol. The number of carbonyl (C=O) groups is 1. The molecule has 106 valence electrons. The second-order valence-corrected chi connectivity index (χ2v) is 6.28. The van der Waals surface area contributed by atoms with E-state index in [2.05, 4.69) is 6.07 Å². The lowest BCUT2D eigenvalue weighted by Gasteiger charge is -2.17. The van der Waals surface area contributed by atoms with E-state index in [0.717, 1.165) is 24.4 Å². The van der Waals surface area contributed by atoms with Crippen molar-refractivity contribution < 1.29 is 9.90 Å². The van der Waals surface area contributed by atoms with E-state index in [1.165, 1.54) is 0 Å². The molecule has 1 saturated heterocycles. The smallest absolute Gasteiger partial charge is 0.240 e. The Morgan fingerprint density at radius 1 is 1.50 bits per heavy atom. The van der Waals surface area contributed by atoms with Crippen molar-refractivity contribution in [2.45, 2.75) is 18.6 Å². The number of aliphatic hydroxyl groups excluding tert-OH is 1. The monoisotopic (exact) mass is 290 g/mol. The van der Waals surface area contributed by atoms with Gasteiger partial charge in [0.15, 0.2) is 0 Å². The van der Waals surface area contributed by atoms with Crippen LogP contribution in [0.5, 0.6) is 0 Å². The Bertz CT molecular complexity index is 510. The Labute approximate surface area is 123 Å². The first-order valence-corrected chi connectivity index (χ1v) is 7.74. The summed E-state index contributed by atoms with van der Waals surface area (Å²) in [4.78, 5) is 14.1. The molecule has 1 heterocycles. The molecule has 2 rings (SSSR count). The number of hydrogen-bond donors (Lipinski definition) is 1. The molecule has 4 nitrogen and oxygen atoms in total. The standard InChI is InChI=1S/C15H18N2O2S/c1-11(9-18)10-20-14-6-7-17(15(14)19)13-4-2-12(8-16)3-5-13/h2-5,11,14,18H,6-7,9-10H2,1H3. The number of hydrogen-bond acceptors (Lipinski definition) is 4. The minimum atomic E-state index is -0.0142. The Hall–Kier alpha value is -1.51. The van der Waals surface area contributed by atoms with Gasteiger partial charge in [-0.1, -0.05) is 6.92 Å². The van der Waals surface area contributed by atoms with E-state index in [1.807, 2.05) is 19.1 Å². The number of anilines is 1. The van der Waals surface area contributed by atoms with E-state index in [4.69, 9.17) is 10.4 Å². The Morgan fingerprint density at radius 3 is 2.80 bits per heavy atom. The minimum Gasteiger partial charge on any atom is -0.396 e. The summed E-state index contributed by atoms with van der Waals surface area (Å²) in [6, 6.07) is 9.18. The van der Waals surface area contributed by atoms with Gasteiger partial charge in [0.2, 0.25) is 5.91 Å². The predicted molar refractivity (Wildman–Crippen MR) is 80.6 cm³/mol. The zero-order valence-corrected chi connectivity index (χ0v) is 12.3. The molecule has 0 aliphatic carbocycles. The largest absolute Gasteiger partial charge is 0.396 e. The predicted octanol–water partition coefficient (Wildman–Crippen LogP) is 2.03. The van der Waals surface area contributed by atoms with Crippen LogP contribution in [0.2, 0.25) is 0 Å². The van der Waals surface area contributed by atoms with Gasteiger partial charge in [0.05, 0.1) is 16.9 Å². The molecule has 2 unspecified atom stereocenters. The summed E-state index contributed by atoms with van der Waals surface area (Å²) < 4.78 is 0. The first-order valence-electron chi connectivity index (χ1n) is 6.69. The molecule has 1 fully saturated rings. The van der Waals surface area contributed by atoms with E-state index in [1.54, 1.807) is 28.8 Å². The highest BCUT2D eigenvalue weighted by atomic mass is 32.2. The van der Waals surface area contributed by atoms with Crippen LogP contribution in [0, 0.1) is 17.2 Å². The quantitative estimate of drug-likeness (QED) is 0.901. The maximum absolute atomic E-state index is 12.3. The van der Waals surface area contributed by atoms with Crippen molar-refractivity contribution in [2.75, 3.05) is 23.8 Å². The van der Waals surface area contributed by atoms with Crippen LogP contribution in [0.25, 0.3) is 0 Å². The zero-order valence-electron chi connectivity index (χ0n) is 11.5. The second-order valence-electron chi connectivity index (χ2n) is 5.05. The molecule has 1 amide bonds. The summed E-state index contributed by atoms with van der Waals surface area (Å²) in [7, 11) is 0. The molecule has 2 atom stereocenters. The number of rotatable bonds is 5. The minimum absolute atomic E-state index is 0.0142. The van der Waals surface area contributed by atoms with Crippen LogP contribution in [0.15, 0.2) is 24.3 Å². The molecular formula is C15H18N2O2S. The van der Waals surface area contributed by atoms with E-state index in [9.17, 15) is 4.79 Å². The van der Waals surface area contributed by atoms with Crippen LogP contribution in [-0.2, 0) is 4.79 Å². The third kappa shape index (κ3) is 3.33. The summed E-state index contributed by atoms with van der Waals surface area (Å²) >= 11 is 1.63. The first kappa shape index (κ1) is 14.9. The van der Waals surface area contributed by atoms with Crippen molar-refractivity contribution in [3.63, 3.8) is 0 Å². The van der Waals surface area contributed by atoms with Crippen molar-refractivity contribution >= 4 is 23.4 Å². The molecule has 0 aromatic heterocycles. The molecule has 0 radical (unpaired) electrons. The highest BCUT2D eigenvalue weighted by Crippen LogP contribution is 2.29. The van der Waals surface area contributed by atoms with Gasteiger partial charge < -0.3 is 10.0 Å². The molecule has 0 bridgehead atoms. The molecule has 1 aliphatic heterocycles. The molecule has 1 aromatic rings. The maximum atomic E-state index is 12.3. The van der Waals surface area contributed by atoms with E-state index in [0.29, 0.717) is 5.56 Å². The summed E-state index contributed by atoms with van der Waals surface area (Å²) in [6.07, 6.45) is 0.835. The van der Waals surface area contributed by atoms with Crippen molar-refractivity contribution in [3.05, 3.63) is 29.8 Å². The van der Waals surface area contributed by atoms with Gasteiger partial charge in [-0.25, -0.2) is 0 Å². The van der Waals surface area contributed by atoms with Crippen LogP contribution < -0.4 is 4.90 Å². The van der Waals surface area contributed by atoms with Gasteiger partial charge in [-0.2, -0.15) is 5.26 Å². The SMILES string of the molecule is CC(CO)CSC1CCN(c2ccc(C#N)cc2)C1=O. The average molecular weight is 290 g/mol. The van der Waals surface area contributed by atoms with Gasteiger partial charge in [-0.15, -0.1) is 11.8 Å².